The van der Waals surface area contributed by atoms with Crippen molar-refractivity contribution in [2.75, 3.05) is 6.54 Å². The summed E-state index contributed by atoms with van der Waals surface area (Å²) < 4.78 is 14.3. The first-order chi connectivity index (χ1) is 8.24. The van der Waals surface area contributed by atoms with E-state index in [-0.39, 0.29) is 5.82 Å². The lowest BCUT2D eigenvalue weighted by Gasteiger charge is -2.06. The summed E-state index contributed by atoms with van der Waals surface area (Å²) in [6, 6.07) is 5.03. The predicted octanol–water partition coefficient (Wildman–Crippen LogP) is 4.42. The first kappa shape index (κ1) is 14.4. The lowest BCUT2D eigenvalue weighted by molar-refractivity contribution is 0.570. The molecule has 0 aliphatic heterocycles. The first-order valence-electron chi connectivity index (χ1n) is 5.99. The third kappa shape index (κ3) is 5.99. The Bertz CT molecular complexity index is 352. The van der Waals surface area contributed by atoms with E-state index in [1.54, 1.807) is 6.07 Å². The molecule has 17 heavy (non-hydrogen) atoms. The van der Waals surface area contributed by atoms with Crippen LogP contribution in [-0.4, -0.2) is 6.54 Å². The second kappa shape index (κ2) is 8.43. The van der Waals surface area contributed by atoms with E-state index >= 15 is 0 Å². The molecule has 0 saturated heterocycles. The smallest absolute Gasteiger partial charge is 0.127 e. The zero-order valence-corrected chi connectivity index (χ0v) is 11.6. The number of benzene rings is 1. The van der Waals surface area contributed by atoms with Gasteiger partial charge in [-0.1, -0.05) is 28.4 Å². The first-order valence-corrected chi connectivity index (χ1v) is 6.79. The third-order valence-electron chi connectivity index (χ3n) is 2.59. The van der Waals surface area contributed by atoms with Crippen LogP contribution in [0.25, 0.3) is 0 Å². The molecule has 0 atom stereocenters. The summed E-state index contributed by atoms with van der Waals surface area (Å²) in [7, 11) is 0. The number of hydrogen-bond donors (Lipinski definition) is 1. The Morgan fingerprint density at radius 3 is 2.88 bits per heavy atom. The molecule has 1 N–H and O–H groups in total. The fourth-order valence-electron chi connectivity index (χ4n) is 1.62. The van der Waals surface area contributed by atoms with E-state index in [9.17, 15) is 4.39 Å². The molecule has 0 saturated carbocycles. The van der Waals surface area contributed by atoms with Crippen molar-refractivity contribution in [1.82, 2.24) is 5.32 Å². The lowest BCUT2D eigenvalue weighted by atomic mass is 10.2. The van der Waals surface area contributed by atoms with Crippen LogP contribution in [0, 0.1) is 5.82 Å². The minimum absolute atomic E-state index is 0.146. The summed E-state index contributed by atoms with van der Waals surface area (Å²) >= 11 is 3.34. The van der Waals surface area contributed by atoms with Gasteiger partial charge in [0.1, 0.15) is 5.82 Å². The van der Waals surface area contributed by atoms with E-state index in [2.05, 4.69) is 27.8 Å². The van der Waals surface area contributed by atoms with Crippen LogP contribution in [-0.2, 0) is 6.54 Å². The summed E-state index contributed by atoms with van der Waals surface area (Å²) in [5.41, 5.74) is 0.713. The van der Waals surface area contributed by atoms with Crippen LogP contribution in [0.15, 0.2) is 35.3 Å². The van der Waals surface area contributed by atoms with Gasteiger partial charge >= 0.3 is 0 Å². The zero-order valence-electron chi connectivity index (χ0n) is 10.0. The Hall–Kier alpha value is -0.670. The molecule has 0 heterocycles. The molecule has 1 rings (SSSR count). The molecule has 94 valence electrons. The van der Waals surface area contributed by atoms with Gasteiger partial charge in [-0.3, -0.25) is 0 Å². The van der Waals surface area contributed by atoms with Crippen LogP contribution < -0.4 is 5.32 Å². The van der Waals surface area contributed by atoms with Gasteiger partial charge in [-0.25, -0.2) is 4.39 Å². The van der Waals surface area contributed by atoms with Crippen molar-refractivity contribution in [3.05, 3.63) is 46.7 Å². The average Bonchev–Trinajstić information content (AvgIpc) is 2.32. The maximum Gasteiger partial charge on any atom is 0.127 e. The lowest BCUT2D eigenvalue weighted by Crippen LogP contribution is -2.15. The number of rotatable bonds is 8. The molecule has 0 aliphatic carbocycles. The van der Waals surface area contributed by atoms with E-state index in [0.717, 1.165) is 23.9 Å². The van der Waals surface area contributed by atoms with Gasteiger partial charge in [-0.05, 0) is 44.0 Å². The SMILES string of the molecule is C=CCCCCCNCc1cc(Br)ccc1F. The predicted molar refractivity (Wildman–Crippen MR) is 74.5 cm³/mol. The Morgan fingerprint density at radius 2 is 2.12 bits per heavy atom. The molecule has 0 aliphatic rings. The summed E-state index contributed by atoms with van der Waals surface area (Å²) in [6.45, 7) is 5.21. The van der Waals surface area contributed by atoms with E-state index < -0.39 is 0 Å². The maximum absolute atomic E-state index is 13.4. The Kier molecular flexibility index (Phi) is 7.13. The molecule has 1 aromatic carbocycles. The van der Waals surface area contributed by atoms with Crippen molar-refractivity contribution in [1.29, 1.82) is 0 Å². The maximum atomic E-state index is 13.4. The van der Waals surface area contributed by atoms with Crippen LogP contribution in [0.2, 0.25) is 0 Å². The Labute approximate surface area is 111 Å². The molecule has 3 heteroatoms. The van der Waals surface area contributed by atoms with E-state index in [0.29, 0.717) is 12.1 Å². The molecule has 0 unspecified atom stereocenters. The molecular formula is C14H19BrFN. The highest BCUT2D eigenvalue weighted by molar-refractivity contribution is 9.10. The number of allylic oxidation sites excluding steroid dienone is 1. The van der Waals surface area contributed by atoms with Crippen LogP contribution >= 0.6 is 15.9 Å². The molecule has 0 fully saturated rings. The van der Waals surface area contributed by atoms with Gasteiger partial charge < -0.3 is 5.32 Å². The van der Waals surface area contributed by atoms with Crippen LogP contribution in [0.1, 0.15) is 31.2 Å². The number of halogens is 2. The van der Waals surface area contributed by atoms with Gasteiger partial charge in [-0.15, -0.1) is 6.58 Å². The Morgan fingerprint density at radius 1 is 1.29 bits per heavy atom. The molecular weight excluding hydrogens is 281 g/mol. The van der Waals surface area contributed by atoms with Crippen LogP contribution in [0.3, 0.4) is 0 Å². The fraction of sp³-hybridized carbons (Fsp3) is 0.429. The van der Waals surface area contributed by atoms with Crippen LogP contribution in [0.4, 0.5) is 4.39 Å². The second-order valence-electron chi connectivity index (χ2n) is 4.05. The normalized spacial score (nSPS) is 10.5. The van der Waals surface area contributed by atoms with E-state index in [1.807, 2.05) is 12.1 Å². The van der Waals surface area contributed by atoms with Crippen molar-refractivity contribution < 1.29 is 4.39 Å². The molecule has 1 nitrogen and oxygen atoms in total. The van der Waals surface area contributed by atoms with Crippen molar-refractivity contribution >= 4 is 15.9 Å². The molecule has 1 aromatic rings. The van der Waals surface area contributed by atoms with Gasteiger partial charge in [0.25, 0.3) is 0 Å². The van der Waals surface area contributed by atoms with E-state index in [4.69, 9.17) is 0 Å². The van der Waals surface area contributed by atoms with Gasteiger partial charge in [0.15, 0.2) is 0 Å². The summed E-state index contributed by atoms with van der Waals surface area (Å²) in [4.78, 5) is 0. The summed E-state index contributed by atoms with van der Waals surface area (Å²) in [5.74, 6) is -0.146. The molecule has 0 amide bonds. The van der Waals surface area contributed by atoms with Crippen molar-refractivity contribution in [2.24, 2.45) is 0 Å². The molecule has 0 aromatic heterocycles. The second-order valence-corrected chi connectivity index (χ2v) is 4.97. The minimum Gasteiger partial charge on any atom is -0.313 e. The number of unbranched alkanes of at least 4 members (excludes halogenated alkanes) is 3. The van der Waals surface area contributed by atoms with Gasteiger partial charge in [0, 0.05) is 16.6 Å². The quantitative estimate of drug-likeness (QED) is 0.553. The number of hydrogen-bond acceptors (Lipinski definition) is 1. The average molecular weight is 300 g/mol. The van der Waals surface area contributed by atoms with Gasteiger partial charge in [0.05, 0.1) is 0 Å². The van der Waals surface area contributed by atoms with Gasteiger partial charge in [0.2, 0.25) is 0 Å². The topological polar surface area (TPSA) is 12.0 Å². The van der Waals surface area contributed by atoms with Crippen molar-refractivity contribution in [3.8, 4) is 0 Å². The Balaban J connectivity index is 2.17. The fourth-order valence-corrected chi connectivity index (χ4v) is 2.03. The summed E-state index contributed by atoms with van der Waals surface area (Å²) in [5, 5.41) is 3.26. The molecule has 0 radical (unpaired) electrons. The summed E-state index contributed by atoms with van der Waals surface area (Å²) in [6.07, 6.45) is 6.55. The monoisotopic (exact) mass is 299 g/mol. The number of nitrogens with one attached hydrogen (secondary N) is 1. The van der Waals surface area contributed by atoms with Crippen molar-refractivity contribution in [2.45, 2.75) is 32.2 Å². The largest absolute Gasteiger partial charge is 0.313 e. The highest BCUT2D eigenvalue weighted by atomic mass is 79.9. The molecule has 0 spiro atoms. The van der Waals surface area contributed by atoms with Gasteiger partial charge in [-0.2, -0.15) is 0 Å². The van der Waals surface area contributed by atoms with Crippen LogP contribution in [0.5, 0.6) is 0 Å². The van der Waals surface area contributed by atoms with Crippen molar-refractivity contribution in [3.63, 3.8) is 0 Å². The highest BCUT2D eigenvalue weighted by Crippen LogP contribution is 2.15. The van der Waals surface area contributed by atoms with E-state index in [1.165, 1.54) is 18.9 Å². The zero-order chi connectivity index (χ0) is 12.5. The third-order valence-corrected chi connectivity index (χ3v) is 3.08. The standard InChI is InChI=1S/C14H19BrFN/c1-2-3-4-5-6-9-17-11-12-10-13(15)7-8-14(12)16/h2,7-8,10,17H,1,3-6,9,11H2. The minimum atomic E-state index is -0.146. The molecule has 0 bridgehead atoms. The highest BCUT2D eigenvalue weighted by Gasteiger charge is 2.01.